The average Bonchev–Trinajstić information content (AvgIpc) is 2.94. The number of rotatable bonds is 3. The first-order valence-electron chi connectivity index (χ1n) is 6.01. The summed E-state index contributed by atoms with van der Waals surface area (Å²) in [4.78, 5) is 1.53. The Hall–Kier alpha value is -0.640. The van der Waals surface area contributed by atoms with Crippen LogP contribution in [-0.4, -0.2) is 26.1 Å². The summed E-state index contributed by atoms with van der Waals surface area (Å²) in [6.07, 6.45) is 6.28. The van der Waals surface area contributed by atoms with Crippen LogP contribution in [0.25, 0.3) is 0 Å². The Kier molecular flexibility index (Phi) is 2.42. The summed E-state index contributed by atoms with van der Waals surface area (Å²) in [7, 11) is 1.81. The van der Waals surface area contributed by atoms with Crippen LogP contribution in [0.1, 0.15) is 31.5 Å². The van der Waals surface area contributed by atoms with E-state index in [9.17, 15) is 0 Å². The van der Waals surface area contributed by atoms with Crippen LogP contribution in [0, 0.1) is 17.3 Å². The van der Waals surface area contributed by atoms with Gasteiger partial charge in [-0.05, 0) is 41.7 Å². The first-order valence-corrected chi connectivity index (χ1v) is 6.54. The van der Waals surface area contributed by atoms with Crippen LogP contribution in [-0.2, 0) is 13.5 Å². The van der Waals surface area contributed by atoms with Gasteiger partial charge in [-0.25, -0.2) is 0 Å². The molecule has 3 unspecified atom stereocenters. The molecule has 2 saturated carbocycles. The van der Waals surface area contributed by atoms with Crippen molar-refractivity contribution in [3.05, 3.63) is 5.82 Å². The van der Waals surface area contributed by atoms with Gasteiger partial charge in [0, 0.05) is 12.3 Å². The van der Waals surface area contributed by atoms with Gasteiger partial charge in [0.15, 0.2) is 5.82 Å². The normalized spacial score (nSPS) is 37.1. The molecule has 0 radical (unpaired) electrons. The zero-order valence-electron chi connectivity index (χ0n) is 9.56. The number of alkyl halides is 1. The minimum Gasteiger partial charge on any atom is -0.167 e. The second kappa shape index (κ2) is 3.69. The number of hydrogen-bond donors (Lipinski definition) is 0. The molecule has 1 aromatic rings. The summed E-state index contributed by atoms with van der Waals surface area (Å²) in [6.45, 7) is 0. The van der Waals surface area contributed by atoms with Gasteiger partial charge in [-0.3, -0.25) is 0 Å². The van der Waals surface area contributed by atoms with E-state index in [1.165, 1.54) is 30.5 Å². The Balaban J connectivity index is 1.81. The lowest BCUT2D eigenvalue weighted by molar-refractivity contribution is 0.189. The van der Waals surface area contributed by atoms with Crippen molar-refractivity contribution in [2.75, 3.05) is 5.88 Å². The highest BCUT2D eigenvalue weighted by molar-refractivity contribution is 6.18. The first kappa shape index (κ1) is 10.5. The fourth-order valence-electron chi connectivity index (χ4n) is 3.69. The van der Waals surface area contributed by atoms with E-state index in [0.29, 0.717) is 0 Å². The van der Waals surface area contributed by atoms with E-state index in [0.717, 1.165) is 30.0 Å². The molecule has 2 aliphatic rings. The molecule has 2 fully saturated rings. The first-order chi connectivity index (χ1) is 7.72. The fraction of sp³-hybridized carbons (Fsp3) is 0.909. The molecule has 2 bridgehead atoms. The van der Waals surface area contributed by atoms with Crippen molar-refractivity contribution in [3.63, 3.8) is 0 Å². The van der Waals surface area contributed by atoms with Crippen LogP contribution in [0.4, 0.5) is 0 Å². The van der Waals surface area contributed by atoms with E-state index in [4.69, 9.17) is 11.6 Å². The molecule has 1 heterocycles. The zero-order chi connectivity index (χ0) is 11.2. The van der Waals surface area contributed by atoms with Gasteiger partial charge in [0.2, 0.25) is 0 Å². The maximum absolute atomic E-state index is 6.23. The molecule has 88 valence electrons. The third kappa shape index (κ3) is 1.54. The van der Waals surface area contributed by atoms with Gasteiger partial charge in [0.1, 0.15) is 0 Å². The molecular formula is C11H17ClN4. The number of tetrazole rings is 1. The van der Waals surface area contributed by atoms with Gasteiger partial charge < -0.3 is 0 Å². The van der Waals surface area contributed by atoms with Gasteiger partial charge in [-0.2, -0.15) is 4.80 Å². The van der Waals surface area contributed by atoms with Crippen LogP contribution in [0.15, 0.2) is 0 Å². The van der Waals surface area contributed by atoms with Crippen molar-refractivity contribution in [1.82, 2.24) is 20.2 Å². The third-order valence-electron chi connectivity index (χ3n) is 4.43. The SMILES string of the molecule is Cn1nnc(CC2(CCl)CC3CCC2C3)n1. The monoisotopic (exact) mass is 240 g/mol. The smallest absolute Gasteiger partial charge is 0.167 e. The minimum atomic E-state index is 0.257. The predicted molar refractivity (Wildman–Crippen MR) is 61.1 cm³/mol. The van der Waals surface area contributed by atoms with Crippen molar-refractivity contribution < 1.29 is 0 Å². The molecule has 3 rings (SSSR count). The molecule has 0 amide bonds. The summed E-state index contributed by atoms with van der Waals surface area (Å²) in [5.41, 5.74) is 0.257. The largest absolute Gasteiger partial charge is 0.175 e. The maximum Gasteiger partial charge on any atom is 0.175 e. The predicted octanol–water partition coefficient (Wildman–Crippen LogP) is 1.80. The number of halogens is 1. The topological polar surface area (TPSA) is 43.6 Å². The summed E-state index contributed by atoms with van der Waals surface area (Å²) in [5, 5.41) is 12.3. The van der Waals surface area contributed by atoms with E-state index in [1.807, 2.05) is 7.05 Å². The fourth-order valence-corrected chi connectivity index (χ4v) is 4.12. The molecule has 3 atom stereocenters. The van der Waals surface area contributed by atoms with E-state index >= 15 is 0 Å². The van der Waals surface area contributed by atoms with Crippen molar-refractivity contribution in [3.8, 4) is 0 Å². The molecule has 0 aliphatic heterocycles. The minimum absolute atomic E-state index is 0.257. The summed E-state index contributed by atoms with van der Waals surface area (Å²) in [5.74, 6) is 3.29. The Morgan fingerprint density at radius 3 is 2.88 bits per heavy atom. The molecule has 2 aliphatic carbocycles. The number of aryl methyl sites for hydroxylation is 1. The van der Waals surface area contributed by atoms with Crippen LogP contribution >= 0.6 is 11.6 Å². The molecule has 0 spiro atoms. The Morgan fingerprint density at radius 1 is 1.50 bits per heavy atom. The Morgan fingerprint density at radius 2 is 2.38 bits per heavy atom. The molecular weight excluding hydrogens is 224 g/mol. The van der Waals surface area contributed by atoms with Crippen LogP contribution in [0.5, 0.6) is 0 Å². The van der Waals surface area contributed by atoms with Gasteiger partial charge in [0.25, 0.3) is 0 Å². The average molecular weight is 241 g/mol. The van der Waals surface area contributed by atoms with Crippen LogP contribution in [0.2, 0.25) is 0 Å². The molecule has 1 aromatic heterocycles. The zero-order valence-corrected chi connectivity index (χ0v) is 10.3. The molecule has 16 heavy (non-hydrogen) atoms. The van der Waals surface area contributed by atoms with E-state index in [-0.39, 0.29) is 5.41 Å². The van der Waals surface area contributed by atoms with Crippen LogP contribution in [0.3, 0.4) is 0 Å². The van der Waals surface area contributed by atoms with Crippen LogP contribution < -0.4 is 0 Å². The third-order valence-corrected chi connectivity index (χ3v) is 4.96. The standard InChI is InChI=1S/C11H17ClN4/c1-16-14-10(13-15-16)6-11(7-12)5-8-2-3-9(11)4-8/h8-9H,2-7H2,1H3. The quantitative estimate of drug-likeness (QED) is 0.757. The highest BCUT2D eigenvalue weighted by atomic mass is 35.5. The molecule has 0 aromatic carbocycles. The lowest BCUT2D eigenvalue weighted by Gasteiger charge is -2.35. The maximum atomic E-state index is 6.23. The highest BCUT2D eigenvalue weighted by Gasteiger charge is 2.50. The number of fused-ring (bicyclic) bond motifs is 2. The van der Waals surface area contributed by atoms with Crippen molar-refractivity contribution >= 4 is 11.6 Å². The van der Waals surface area contributed by atoms with E-state index in [2.05, 4.69) is 15.4 Å². The number of hydrogen-bond acceptors (Lipinski definition) is 3. The Bertz CT molecular complexity index is 391. The van der Waals surface area contributed by atoms with Crippen molar-refractivity contribution in [1.29, 1.82) is 0 Å². The second-order valence-electron chi connectivity index (χ2n) is 5.45. The summed E-state index contributed by atoms with van der Waals surface area (Å²) >= 11 is 6.23. The lowest BCUT2D eigenvalue weighted by atomic mass is 9.72. The molecule has 0 N–H and O–H groups in total. The summed E-state index contributed by atoms with van der Waals surface area (Å²) in [6, 6.07) is 0. The van der Waals surface area contributed by atoms with Gasteiger partial charge >= 0.3 is 0 Å². The highest BCUT2D eigenvalue weighted by Crippen LogP contribution is 2.57. The lowest BCUT2D eigenvalue weighted by Crippen LogP contribution is -2.32. The van der Waals surface area contributed by atoms with Crippen molar-refractivity contribution in [2.24, 2.45) is 24.3 Å². The van der Waals surface area contributed by atoms with Gasteiger partial charge in [-0.15, -0.1) is 21.8 Å². The molecule has 5 heteroatoms. The van der Waals surface area contributed by atoms with E-state index < -0.39 is 0 Å². The van der Waals surface area contributed by atoms with Gasteiger partial charge in [-0.1, -0.05) is 6.42 Å². The number of aromatic nitrogens is 4. The van der Waals surface area contributed by atoms with E-state index in [1.54, 1.807) is 0 Å². The Labute approximate surface area is 100 Å². The number of nitrogens with zero attached hydrogens (tertiary/aromatic N) is 4. The molecule has 4 nitrogen and oxygen atoms in total. The molecule has 0 saturated heterocycles. The van der Waals surface area contributed by atoms with Gasteiger partial charge in [0.05, 0.1) is 7.05 Å². The second-order valence-corrected chi connectivity index (χ2v) is 5.72. The van der Waals surface area contributed by atoms with Crippen molar-refractivity contribution in [2.45, 2.75) is 32.1 Å². The summed E-state index contributed by atoms with van der Waals surface area (Å²) < 4.78 is 0.